The molecule has 0 aliphatic carbocycles. The van der Waals surface area contributed by atoms with Crippen LogP contribution < -0.4 is 0 Å². The Kier molecular flexibility index (Phi) is 3.38. The summed E-state index contributed by atoms with van der Waals surface area (Å²) in [7, 11) is 3.51. The third-order valence-electron chi connectivity index (χ3n) is 1.77. The second-order valence-electron chi connectivity index (χ2n) is 3.21. The maximum absolute atomic E-state index is 13.3. The van der Waals surface area contributed by atoms with Crippen LogP contribution in [0.25, 0.3) is 6.08 Å². The highest BCUT2D eigenvalue weighted by molar-refractivity contribution is 5.61. The Hall–Kier alpha value is -1.91. The molecule has 0 aliphatic rings. The first-order valence-electron chi connectivity index (χ1n) is 4.30. The van der Waals surface area contributed by atoms with Gasteiger partial charge >= 0.3 is 0 Å². The molecular formula is C10H11FN2O2. The summed E-state index contributed by atoms with van der Waals surface area (Å²) in [5, 5.41) is 10.6. The molecule has 5 heteroatoms. The van der Waals surface area contributed by atoms with E-state index in [2.05, 4.69) is 0 Å². The van der Waals surface area contributed by atoms with Gasteiger partial charge in [-0.15, -0.1) is 0 Å². The van der Waals surface area contributed by atoms with Gasteiger partial charge < -0.3 is 4.90 Å². The molecule has 0 spiro atoms. The van der Waals surface area contributed by atoms with E-state index < -0.39 is 10.7 Å². The van der Waals surface area contributed by atoms with Crippen LogP contribution in [0.2, 0.25) is 0 Å². The molecular weight excluding hydrogens is 199 g/mol. The molecule has 1 aromatic rings. The fourth-order valence-corrected chi connectivity index (χ4v) is 1.07. The molecule has 0 aliphatic heterocycles. The van der Waals surface area contributed by atoms with E-state index in [0.29, 0.717) is 0 Å². The van der Waals surface area contributed by atoms with Crippen molar-refractivity contribution in [1.29, 1.82) is 0 Å². The molecule has 0 saturated carbocycles. The molecule has 1 rings (SSSR count). The zero-order chi connectivity index (χ0) is 11.4. The summed E-state index contributed by atoms with van der Waals surface area (Å²) in [5.74, 6) is -0.595. The number of nitro benzene ring substituents is 1. The van der Waals surface area contributed by atoms with E-state index in [1.165, 1.54) is 24.3 Å². The Bertz CT molecular complexity index is 402. The largest absolute Gasteiger partial charge is 0.383 e. The lowest BCUT2D eigenvalue weighted by Crippen LogP contribution is -2.01. The first kappa shape index (κ1) is 11.2. The molecule has 0 saturated heterocycles. The van der Waals surface area contributed by atoms with Crippen LogP contribution in [0.1, 0.15) is 5.56 Å². The number of halogens is 1. The van der Waals surface area contributed by atoms with Gasteiger partial charge in [-0.1, -0.05) is 6.07 Å². The van der Waals surface area contributed by atoms with Gasteiger partial charge in [0.2, 0.25) is 0 Å². The highest BCUT2D eigenvalue weighted by Gasteiger charge is 2.14. The Morgan fingerprint density at radius 1 is 1.47 bits per heavy atom. The SMILES string of the molecule is CN(C)/C=C\c1c(F)cccc1[N+](=O)[O-]. The summed E-state index contributed by atoms with van der Waals surface area (Å²) in [5.41, 5.74) is -0.232. The van der Waals surface area contributed by atoms with Crippen LogP contribution >= 0.6 is 0 Å². The number of rotatable bonds is 3. The Labute approximate surface area is 86.8 Å². The van der Waals surface area contributed by atoms with Gasteiger partial charge in [-0.3, -0.25) is 10.1 Å². The van der Waals surface area contributed by atoms with E-state index in [0.717, 1.165) is 0 Å². The molecule has 4 nitrogen and oxygen atoms in total. The highest BCUT2D eigenvalue weighted by atomic mass is 19.1. The van der Waals surface area contributed by atoms with Crippen molar-refractivity contribution in [1.82, 2.24) is 4.90 Å². The van der Waals surface area contributed by atoms with E-state index in [1.807, 2.05) is 0 Å². The summed E-state index contributed by atoms with van der Waals surface area (Å²) in [6.45, 7) is 0. The van der Waals surface area contributed by atoms with Crippen molar-refractivity contribution in [3.63, 3.8) is 0 Å². The quantitative estimate of drug-likeness (QED) is 0.568. The first-order valence-corrected chi connectivity index (χ1v) is 4.30. The van der Waals surface area contributed by atoms with Crippen molar-refractivity contribution in [2.24, 2.45) is 0 Å². The minimum atomic E-state index is -0.599. The second-order valence-corrected chi connectivity index (χ2v) is 3.21. The smallest absolute Gasteiger partial charge is 0.279 e. The molecule has 0 unspecified atom stereocenters. The van der Waals surface area contributed by atoms with Gasteiger partial charge in [0.25, 0.3) is 5.69 Å². The van der Waals surface area contributed by atoms with Crippen molar-refractivity contribution < 1.29 is 9.31 Å². The fourth-order valence-electron chi connectivity index (χ4n) is 1.07. The van der Waals surface area contributed by atoms with Crippen LogP contribution in [0.3, 0.4) is 0 Å². The molecule has 1 aromatic carbocycles. The van der Waals surface area contributed by atoms with E-state index in [1.54, 1.807) is 25.2 Å². The van der Waals surface area contributed by atoms with E-state index >= 15 is 0 Å². The monoisotopic (exact) mass is 210 g/mol. The Morgan fingerprint density at radius 2 is 2.13 bits per heavy atom. The zero-order valence-corrected chi connectivity index (χ0v) is 8.48. The molecule has 0 bridgehead atoms. The van der Waals surface area contributed by atoms with E-state index in [9.17, 15) is 14.5 Å². The molecule has 0 atom stereocenters. The molecule has 80 valence electrons. The fraction of sp³-hybridized carbons (Fsp3) is 0.200. The van der Waals surface area contributed by atoms with Crippen molar-refractivity contribution in [3.8, 4) is 0 Å². The first-order chi connectivity index (χ1) is 7.02. The highest BCUT2D eigenvalue weighted by Crippen LogP contribution is 2.22. The lowest BCUT2D eigenvalue weighted by molar-refractivity contribution is -0.385. The predicted molar refractivity (Wildman–Crippen MR) is 55.8 cm³/mol. The molecule has 0 radical (unpaired) electrons. The van der Waals surface area contributed by atoms with Gasteiger partial charge in [-0.05, 0) is 18.3 Å². The topological polar surface area (TPSA) is 46.4 Å². The maximum Gasteiger partial charge on any atom is 0.279 e. The van der Waals surface area contributed by atoms with Crippen molar-refractivity contribution in [2.45, 2.75) is 0 Å². The van der Waals surface area contributed by atoms with E-state index in [-0.39, 0.29) is 11.3 Å². The van der Waals surface area contributed by atoms with Crippen molar-refractivity contribution >= 4 is 11.8 Å². The molecule has 0 amide bonds. The summed E-state index contributed by atoms with van der Waals surface area (Å²) >= 11 is 0. The summed E-state index contributed by atoms with van der Waals surface area (Å²) in [6.07, 6.45) is 2.94. The standard InChI is InChI=1S/C10H11FN2O2/c1-12(2)7-6-8-9(11)4-3-5-10(8)13(14)15/h3-7H,1-2H3/b7-6-. The number of hydrogen-bond acceptors (Lipinski definition) is 3. The van der Waals surface area contributed by atoms with Gasteiger partial charge in [-0.25, -0.2) is 4.39 Å². The van der Waals surface area contributed by atoms with Gasteiger partial charge in [-0.2, -0.15) is 0 Å². The van der Waals surface area contributed by atoms with E-state index in [4.69, 9.17) is 0 Å². The summed E-state index contributed by atoms with van der Waals surface area (Å²) < 4.78 is 13.3. The lowest BCUT2D eigenvalue weighted by atomic mass is 10.1. The number of benzene rings is 1. The van der Waals surface area contributed by atoms with Crippen molar-refractivity contribution in [3.05, 3.63) is 45.9 Å². The minimum absolute atomic E-state index is 0.00352. The predicted octanol–water partition coefficient (Wildman–Crippen LogP) is 2.27. The third-order valence-corrected chi connectivity index (χ3v) is 1.77. The Balaban J connectivity index is 3.19. The normalized spacial score (nSPS) is 10.6. The molecule has 0 aromatic heterocycles. The summed E-state index contributed by atoms with van der Waals surface area (Å²) in [6, 6.07) is 3.79. The molecule has 0 N–H and O–H groups in total. The zero-order valence-electron chi connectivity index (χ0n) is 8.48. The van der Waals surface area contributed by atoms with Crippen LogP contribution in [-0.4, -0.2) is 23.9 Å². The maximum atomic E-state index is 13.3. The third kappa shape index (κ3) is 2.77. The Morgan fingerprint density at radius 3 is 2.67 bits per heavy atom. The van der Waals surface area contributed by atoms with Crippen LogP contribution in [0, 0.1) is 15.9 Å². The van der Waals surface area contributed by atoms with Gasteiger partial charge in [0.05, 0.1) is 10.5 Å². The summed E-state index contributed by atoms with van der Waals surface area (Å²) in [4.78, 5) is 11.7. The molecule has 15 heavy (non-hydrogen) atoms. The lowest BCUT2D eigenvalue weighted by Gasteiger charge is -2.04. The number of nitrogens with zero attached hydrogens (tertiary/aromatic N) is 2. The van der Waals surface area contributed by atoms with Crippen LogP contribution in [0.4, 0.5) is 10.1 Å². The van der Waals surface area contributed by atoms with Gasteiger partial charge in [0.15, 0.2) is 0 Å². The van der Waals surface area contributed by atoms with Crippen LogP contribution in [0.5, 0.6) is 0 Å². The van der Waals surface area contributed by atoms with Crippen LogP contribution in [-0.2, 0) is 0 Å². The second kappa shape index (κ2) is 4.54. The number of hydrogen-bond donors (Lipinski definition) is 0. The van der Waals surface area contributed by atoms with Gasteiger partial charge in [0, 0.05) is 20.2 Å². The van der Waals surface area contributed by atoms with Crippen molar-refractivity contribution in [2.75, 3.05) is 14.1 Å². The average molecular weight is 210 g/mol. The number of nitro groups is 1. The minimum Gasteiger partial charge on any atom is -0.383 e. The molecule has 0 heterocycles. The van der Waals surface area contributed by atoms with Crippen LogP contribution in [0.15, 0.2) is 24.4 Å². The van der Waals surface area contributed by atoms with Gasteiger partial charge in [0.1, 0.15) is 5.82 Å². The molecule has 0 fully saturated rings. The average Bonchev–Trinajstić information content (AvgIpc) is 2.15.